The normalized spacial score (nSPS) is 12.2. The highest BCUT2D eigenvalue weighted by molar-refractivity contribution is 5.71. The number of alkyl halides is 3. The highest BCUT2D eigenvalue weighted by atomic mass is 19.4. The number of nitriles is 1. The van der Waals surface area contributed by atoms with Gasteiger partial charge in [0.25, 0.3) is 0 Å². The molecule has 0 aliphatic carbocycles. The third-order valence-corrected chi connectivity index (χ3v) is 5.61. The monoisotopic (exact) mass is 466 g/mol. The molecule has 0 saturated carbocycles. The third-order valence-electron chi connectivity index (χ3n) is 5.61. The minimum Gasteiger partial charge on any atom is -0.497 e. The molecule has 1 aliphatic heterocycles. The highest BCUT2D eigenvalue weighted by Crippen LogP contribution is 2.38. The van der Waals surface area contributed by atoms with Crippen molar-refractivity contribution in [1.29, 1.82) is 5.26 Å². The third kappa shape index (κ3) is 3.53. The second kappa shape index (κ2) is 7.91. The van der Waals surface area contributed by atoms with Crippen LogP contribution in [-0.4, -0.2) is 31.4 Å². The molecule has 8 nitrogen and oxygen atoms in total. The smallest absolute Gasteiger partial charge is 0.419 e. The van der Waals surface area contributed by atoms with Gasteiger partial charge >= 0.3 is 6.18 Å². The molecule has 0 radical (unpaired) electrons. The average Bonchev–Trinajstić information content (AvgIpc) is 3.38. The number of benzene rings is 2. The summed E-state index contributed by atoms with van der Waals surface area (Å²) in [7, 11) is 1.54. The number of aryl methyl sites for hydroxylation is 1. The molecule has 0 fully saturated rings. The molecule has 11 heteroatoms. The summed E-state index contributed by atoms with van der Waals surface area (Å²) in [6.07, 6.45) is -3.01. The van der Waals surface area contributed by atoms with Gasteiger partial charge in [-0.3, -0.25) is 4.57 Å². The maximum Gasteiger partial charge on any atom is 0.419 e. The van der Waals surface area contributed by atoms with E-state index in [0.29, 0.717) is 34.2 Å². The van der Waals surface area contributed by atoms with E-state index in [1.165, 1.54) is 6.07 Å². The van der Waals surface area contributed by atoms with Gasteiger partial charge in [-0.15, -0.1) is 10.2 Å². The molecule has 3 heterocycles. The van der Waals surface area contributed by atoms with Crippen LogP contribution in [0.4, 0.5) is 13.2 Å². The van der Waals surface area contributed by atoms with Gasteiger partial charge in [0.2, 0.25) is 0 Å². The first-order valence-electron chi connectivity index (χ1n) is 10.2. The zero-order chi connectivity index (χ0) is 24.0. The molecule has 1 aliphatic rings. The fourth-order valence-corrected chi connectivity index (χ4v) is 3.95. The summed E-state index contributed by atoms with van der Waals surface area (Å²) in [4.78, 5) is 4.19. The van der Waals surface area contributed by atoms with Crippen LogP contribution >= 0.6 is 0 Å². The summed E-state index contributed by atoms with van der Waals surface area (Å²) in [6, 6.07) is 11.3. The lowest BCUT2D eigenvalue weighted by molar-refractivity contribution is -0.139. The van der Waals surface area contributed by atoms with Crippen LogP contribution in [-0.2, 0) is 19.3 Å². The van der Waals surface area contributed by atoms with Crippen molar-refractivity contribution < 1.29 is 22.6 Å². The Hall–Kier alpha value is -4.33. The van der Waals surface area contributed by atoms with Crippen LogP contribution < -0.4 is 9.47 Å². The minimum atomic E-state index is -4.56. The number of methoxy groups -OCH3 is 1. The lowest BCUT2D eigenvalue weighted by Gasteiger charge is -2.15. The van der Waals surface area contributed by atoms with E-state index in [4.69, 9.17) is 9.47 Å². The van der Waals surface area contributed by atoms with Crippen molar-refractivity contribution in [3.8, 4) is 34.6 Å². The van der Waals surface area contributed by atoms with E-state index in [1.54, 1.807) is 47.7 Å². The Bertz CT molecular complexity index is 1450. The molecule has 0 N–H and O–H groups in total. The number of imidazole rings is 1. The van der Waals surface area contributed by atoms with Gasteiger partial charge in [-0.1, -0.05) is 11.6 Å². The van der Waals surface area contributed by atoms with Crippen LogP contribution in [0.15, 0.2) is 42.7 Å². The highest BCUT2D eigenvalue weighted by Gasteiger charge is 2.35. The Kier molecular flexibility index (Phi) is 5.01. The standard InChI is InChI=1S/C23H17F3N6O2/c1-13-3-6-20(16(7-13)23(24,25)26)34-11-21-29-30-22-15-8-14(33-2)4-5-18(15)32-12-28-17(9-27)19(32)10-31(21)22/h3-8,12H,10-11H2,1-2H3. The van der Waals surface area contributed by atoms with Crippen LogP contribution in [0.2, 0.25) is 0 Å². The van der Waals surface area contributed by atoms with Gasteiger partial charge in [0, 0.05) is 5.56 Å². The SMILES string of the molecule is COc1ccc2c(c1)-c1nnc(COc3ccc(C)cc3C(F)(F)F)n1Cc1c(C#N)ncn1-2. The Morgan fingerprint density at radius 1 is 1.15 bits per heavy atom. The molecule has 4 aromatic rings. The average molecular weight is 466 g/mol. The van der Waals surface area contributed by atoms with E-state index in [2.05, 4.69) is 21.3 Å². The molecule has 5 rings (SSSR count). The number of hydrogen-bond donors (Lipinski definition) is 0. The molecule has 34 heavy (non-hydrogen) atoms. The van der Waals surface area contributed by atoms with E-state index in [-0.39, 0.29) is 24.6 Å². The molecule has 0 unspecified atom stereocenters. The van der Waals surface area contributed by atoms with E-state index >= 15 is 0 Å². The van der Waals surface area contributed by atoms with Crippen molar-refractivity contribution in [2.45, 2.75) is 26.3 Å². The Morgan fingerprint density at radius 3 is 2.71 bits per heavy atom. The first-order valence-corrected chi connectivity index (χ1v) is 10.2. The van der Waals surface area contributed by atoms with E-state index in [1.807, 2.05) is 6.07 Å². The van der Waals surface area contributed by atoms with Gasteiger partial charge in [-0.2, -0.15) is 18.4 Å². The predicted octanol–water partition coefficient (Wildman–Crippen LogP) is 4.28. The summed E-state index contributed by atoms with van der Waals surface area (Å²) >= 11 is 0. The topological polar surface area (TPSA) is 90.8 Å². The van der Waals surface area contributed by atoms with Gasteiger partial charge in [0.15, 0.2) is 17.3 Å². The van der Waals surface area contributed by atoms with Gasteiger partial charge in [0.1, 0.15) is 30.5 Å². The molecule has 0 bridgehead atoms. The van der Waals surface area contributed by atoms with Crippen molar-refractivity contribution in [2.24, 2.45) is 0 Å². The molecule has 0 saturated heterocycles. The fraction of sp³-hybridized carbons (Fsp3) is 0.217. The first-order chi connectivity index (χ1) is 16.3. The Labute approximate surface area is 191 Å². The zero-order valence-corrected chi connectivity index (χ0v) is 18.1. The molecule has 0 spiro atoms. The number of halogens is 3. The Balaban J connectivity index is 1.58. The predicted molar refractivity (Wildman–Crippen MR) is 113 cm³/mol. The van der Waals surface area contributed by atoms with Gasteiger partial charge in [-0.05, 0) is 37.3 Å². The molecule has 0 atom stereocenters. The van der Waals surface area contributed by atoms with Crippen molar-refractivity contribution >= 4 is 0 Å². The van der Waals surface area contributed by atoms with Crippen LogP contribution in [0.25, 0.3) is 17.1 Å². The maximum atomic E-state index is 13.5. The number of rotatable bonds is 4. The number of aromatic nitrogens is 5. The Morgan fingerprint density at radius 2 is 1.97 bits per heavy atom. The van der Waals surface area contributed by atoms with Crippen LogP contribution in [0.5, 0.6) is 11.5 Å². The van der Waals surface area contributed by atoms with E-state index in [0.717, 1.165) is 11.8 Å². The second-order valence-corrected chi connectivity index (χ2v) is 7.72. The quantitative estimate of drug-likeness (QED) is 0.393. The maximum absolute atomic E-state index is 13.5. The molecular weight excluding hydrogens is 449 g/mol. The number of nitrogens with zero attached hydrogens (tertiary/aromatic N) is 6. The second-order valence-electron chi connectivity index (χ2n) is 7.72. The van der Waals surface area contributed by atoms with E-state index < -0.39 is 11.7 Å². The fourth-order valence-electron chi connectivity index (χ4n) is 3.95. The first kappa shape index (κ1) is 21.5. The van der Waals surface area contributed by atoms with Gasteiger partial charge in [0.05, 0.1) is 30.6 Å². The van der Waals surface area contributed by atoms with Gasteiger partial charge in [-0.25, -0.2) is 4.98 Å². The summed E-state index contributed by atoms with van der Waals surface area (Å²) in [5, 5.41) is 18.0. The number of fused-ring (bicyclic) bond motifs is 5. The minimum absolute atomic E-state index is 0.181. The summed E-state index contributed by atoms with van der Waals surface area (Å²) in [5.41, 5.74) is 1.83. The van der Waals surface area contributed by atoms with Crippen LogP contribution in [0.1, 0.15) is 28.3 Å². The van der Waals surface area contributed by atoms with Crippen LogP contribution in [0.3, 0.4) is 0 Å². The lowest BCUT2D eigenvalue weighted by Crippen LogP contribution is -2.13. The van der Waals surface area contributed by atoms with Crippen LogP contribution in [0, 0.1) is 18.3 Å². The summed E-state index contributed by atoms with van der Waals surface area (Å²) < 4.78 is 54.9. The molecule has 2 aromatic carbocycles. The van der Waals surface area contributed by atoms with E-state index in [9.17, 15) is 18.4 Å². The molecule has 2 aromatic heterocycles. The van der Waals surface area contributed by atoms with Gasteiger partial charge < -0.3 is 14.0 Å². The van der Waals surface area contributed by atoms with Crippen molar-refractivity contribution in [1.82, 2.24) is 24.3 Å². The van der Waals surface area contributed by atoms with Crippen molar-refractivity contribution in [3.05, 3.63) is 71.1 Å². The molecule has 0 amide bonds. The largest absolute Gasteiger partial charge is 0.497 e. The van der Waals surface area contributed by atoms with Crippen molar-refractivity contribution in [2.75, 3.05) is 7.11 Å². The number of hydrogen-bond acceptors (Lipinski definition) is 6. The summed E-state index contributed by atoms with van der Waals surface area (Å²) in [5.74, 6) is 1.06. The molecular formula is C23H17F3N6O2. The number of ether oxygens (including phenoxy) is 2. The molecule has 172 valence electrons. The van der Waals surface area contributed by atoms with Crippen molar-refractivity contribution in [3.63, 3.8) is 0 Å². The summed E-state index contributed by atoms with van der Waals surface area (Å²) in [6.45, 7) is 1.51. The lowest BCUT2D eigenvalue weighted by atomic mass is 10.1. The zero-order valence-electron chi connectivity index (χ0n) is 18.1.